The molecular formula is C19H19BrN4O2S2. The van der Waals surface area contributed by atoms with Gasteiger partial charge in [-0.1, -0.05) is 63.3 Å². The Morgan fingerprint density at radius 3 is 2.86 bits per heavy atom. The summed E-state index contributed by atoms with van der Waals surface area (Å²) in [5, 5.41) is 14.9. The van der Waals surface area contributed by atoms with Crippen molar-refractivity contribution in [3.63, 3.8) is 0 Å². The molecule has 1 amide bonds. The number of ether oxygens (including phenoxy) is 1. The van der Waals surface area contributed by atoms with Gasteiger partial charge < -0.3 is 15.4 Å². The van der Waals surface area contributed by atoms with Crippen molar-refractivity contribution < 1.29 is 9.53 Å². The fourth-order valence-electron chi connectivity index (χ4n) is 2.38. The summed E-state index contributed by atoms with van der Waals surface area (Å²) in [5.41, 5.74) is 1.86. The first-order valence-electron chi connectivity index (χ1n) is 8.47. The maximum atomic E-state index is 12.4. The van der Waals surface area contributed by atoms with Gasteiger partial charge in [-0.3, -0.25) is 4.79 Å². The van der Waals surface area contributed by atoms with E-state index in [0.29, 0.717) is 11.7 Å². The van der Waals surface area contributed by atoms with E-state index in [-0.39, 0.29) is 11.2 Å². The van der Waals surface area contributed by atoms with E-state index in [1.807, 2.05) is 55.5 Å². The van der Waals surface area contributed by atoms with Crippen molar-refractivity contribution in [2.75, 3.05) is 12.4 Å². The third-order valence-corrected chi connectivity index (χ3v) is 6.29. The Labute approximate surface area is 180 Å². The molecule has 9 heteroatoms. The smallest absolute Gasteiger partial charge is 0.233 e. The predicted molar refractivity (Wildman–Crippen MR) is 117 cm³/mol. The predicted octanol–water partition coefficient (Wildman–Crippen LogP) is 4.85. The number of benzene rings is 2. The highest BCUT2D eigenvalue weighted by molar-refractivity contribution is 9.10. The Balaban J connectivity index is 1.53. The Morgan fingerprint density at radius 2 is 2.07 bits per heavy atom. The van der Waals surface area contributed by atoms with Crippen LogP contribution in [-0.4, -0.2) is 28.5 Å². The average molecular weight is 479 g/mol. The highest BCUT2D eigenvalue weighted by Crippen LogP contribution is 2.31. The van der Waals surface area contributed by atoms with Crippen molar-refractivity contribution in [2.45, 2.75) is 23.1 Å². The van der Waals surface area contributed by atoms with E-state index in [1.54, 1.807) is 7.11 Å². The van der Waals surface area contributed by atoms with E-state index in [4.69, 9.17) is 4.74 Å². The minimum atomic E-state index is -0.290. The Hall–Kier alpha value is -2.10. The van der Waals surface area contributed by atoms with Crippen LogP contribution >= 0.6 is 39.0 Å². The number of amides is 1. The summed E-state index contributed by atoms with van der Waals surface area (Å²) in [4.78, 5) is 12.4. The van der Waals surface area contributed by atoms with Crippen molar-refractivity contribution >= 4 is 55.8 Å². The lowest BCUT2D eigenvalue weighted by atomic mass is 10.2. The van der Waals surface area contributed by atoms with Gasteiger partial charge in [-0.25, -0.2) is 0 Å². The lowest BCUT2D eigenvalue weighted by molar-refractivity contribution is -0.120. The third kappa shape index (κ3) is 5.70. The number of carbonyl (C=O) groups is 1. The summed E-state index contributed by atoms with van der Waals surface area (Å²) < 4.78 is 7.03. The van der Waals surface area contributed by atoms with Crippen molar-refractivity contribution in [1.82, 2.24) is 15.5 Å². The average Bonchev–Trinajstić information content (AvgIpc) is 3.12. The molecule has 146 valence electrons. The highest BCUT2D eigenvalue weighted by Gasteiger charge is 2.17. The van der Waals surface area contributed by atoms with Crippen LogP contribution in [0, 0.1) is 0 Å². The first kappa shape index (κ1) is 20.6. The zero-order valence-electron chi connectivity index (χ0n) is 15.3. The quantitative estimate of drug-likeness (QED) is 0.450. The number of anilines is 2. The van der Waals surface area contributed by atoms with Gasteiger partial charge in [0.05, 0.1) is 12.4 Å². The minimum absolute atomic E-state index is 0.0624. The summed E-state index contributed by atoms with van der Waals surface area (Å²) in [6, 6.07) is 15.4. The van der Waals surface area contributed by atoms with Gasteiger partial charge in [-0.2, -0.15) is 0 Å². The van der Waals surface area contributed by atoms with E-state index in [9.17, 15) is 4.79 Å². The van der Waals surface area contributed by atoms with Gasteiger partial charge in [0, 0.05) is 22.3 Å². The second kappa shape index (κ2) is 9.90. The van der Waals surface area contributed by atoms with Crippen molar-refractivity contribution in [2.24, 2.45) is 0 Å². The monoisotopic (exact) mass is 478 g/mol. The van der Waals surface area contributed by atoms with Crippen molar-refractivity contribution in [1.29, 1.82) is 0 Å². The SMILES string of the molecule is COc1ccccc1CNC(=O)C(C)Sc1nnc(Nc2cccc(Br)c2)s1. The van der Waals surface area contributed by atoms with Gasteiger partial charge >= 0.3 is 0 Å². The van der Waals surface area contributed by atoms with Crippen molar-refractivity contribution in [3.05, 3.63) is 58.6 Å². The number of methoxy groups -OCH3 is 1. The number of aromatic nitrogens is 2. The summed E-state index contributed by atoms with van der Waals surface area (Å²) >= 11 is 6.24. The number of para-hydroxylation sites is 1. The molecule has 0 spiro atoms. The number of hydrogen-bond donors (Lipinski definition) is 2. The number of nitrogens with one attached hydrogen (secondary N) is 2. The van der Waals surface area contributed by atoms with E-state index < -0.39 is 0 Å². The number of nitrogens with zero attached hydrogens (tertiary/aromatic N) is 2. The number of hydrogen-bond acceptors (Lipinski definition) is 7. The molecule has 1 unspecified atom stereocenters. The maximum Gasteiger partial charge on any atom is 0.233 e. The minimum Gasteiger partial charge on any atom is -0.496 e. The first-order chi connectivity index (χ1) is 13.5. The van der Waals surface area contributed by atoms with Gasteiger partial charge in [0.15, 0.2) is 4.34 Å². The standard InChI is InChI=1S/C19H19BrN4O2S2/c1-12(17(25)21-11-13-6-3-4-9-16(13)26-2)27-19-24-23-18(28-19)22-15-8-5-7-14(20)10-15/h3-10,12H,11H2,1-2H3,(H,21,25)(H,22,23). The molecule has 3 rings (SSSR count). The topological polar surface area (TPSA) is 76.1 Å². The molecule has 0 saturated carbocycles. The Bertz CT molecular complexity index is 951. The van der Waals surface area contributed by atoms with Crippen molar-refractivity contribution in [3.8, 4) is 5.75 Å². The summed E-state index contributed by atoms with van der Waals surface area (Å²) in [7, 11) is 1.62. The van der Waals surface area contributed by atoms with Crippen LogP contribution in [-0.2, 0) is 11.3 Å². The van der Waals surface area contributed by atoms with Crippen LogP contribution in [0.1, 0.15) is 12.5 Å². The Kier molecular flexibility index (Phi) is 7.30. The first-order valence-corrected chi connectivity index (χ1v) is 11.0. The number of carbonyl (C=O) groups excluding carboxylic acids is 1. The van der Waals surface area contributed by atoms with Gasteiger partial charge in [0.2, 0.25) is 11.0 Å². The maximum absolute atomic E-state index is 12.4. The summed E-state index contributed by atoms with van der Waals surface area (Å²) in [5.74, 6) is 0.697. The number of rotatable bonds is 8. The molecule has 1 heterocycles. The molecule has 2 N–H and O–H groups in total. The normalized spacial score (nSPS) is 11.7. The van der Waals surface area contributed by atoms with Crippen LogP contribution in [0.4, 0.5) is 10.8 Å². The lowest BCUT2D eigenvalue weighted by Crippen LogP contribution is -2.30. The molecule has 1 aromatic heterocycles. The van der Waals surface area contributed by atoms with E-state index in [0.717, 1.165) is 25.8 Å². The zero-order chi connectivity index (χ0) is 19.9. The molecule has 28 heavy (non-hydrogen) atoms. The van der Waals surface area contributed by atoms with Crippen LogP contribution in [0.25, 0.3) is 0 Å². The van der Waals surface area contributed by atoms with E-state index in [2.05, 4.69) is 36.8 Å². The molecule has 0 aliphatic rings. The second-order valence-corrected chi connectivity index (χ2v) is 9.28. The van der Waals surface area contributed by atoms with E-state index in [1.165, 1.54) is 23.1 Å². The van der Waals surface area contributed by atoms with Gasteiger partial charge in [0.1, 0.15) is 5.75 Å². The molecule has 1 atom stereocenters. The molecule has 0 aliphatic heterocycles. The van der Waals surface area contributed by atoms with Crippen LogP contribution in [0.2, 0.25) is 0 Å². The lowest BCUT2D eigenvalue weighted by Gasteiger charge is -2.12. The molecule has 0 radical (unpaired) electrons. The molecular weight excluding hydrogens is 460 g/mol. The molecule has 0 bridgehead atoms. The third-order valence-electron chi connectivity index (χ3n) is 3.77. The second-order valence-electron chi connectivity index (χ2n) is 5.80. The Morgan fingerprint density at radius 1 is 1.25 bits per heavy atom. The largest absolute Gasteiger partial charge is 0.496 e. The summed E-state index contributed by atoms with van der Waals surface area (Å²) in [6.07, 6.45) is 0. The van der Waals surface area contributed by atoms with Gasteiger partial charge in [-0.05, 0) is 31.2 Å². The molecule has 0 aliphatic carbocycles. The van der Waals surface area contributed by atoms with E-state index >= 15 is 0 Å². The molecule has 2 aromatic carbocycles. The van der Waals surface area contributed by atoms with Gasteiger partial charge in [-0.15, -0.1) is 10.2 Å². The highest BCUT2D eigenvalue weighted by atomic mass is 79.9. The molecule has 0 saturated heterocycles. The van der Waals surface area contributed by atoms with Crippen LogP contribution in [0.3, 0.4) is 0 Å². The number of thioether (sulfide) groups is 1. The van der Waals surface area contributed by atoms with Crippen LogP contribution in [0.5, 0.6) is 5.75 Å². The number of halogens is 1. The molecule has 6 nitrogen and oxygen atoms in total. The zero-order valence-corrected chi connectivity index (χ0v) is 18.5. The summed E-state index contributed by atoms with van der Waals surface area (Å²) in [6.45, 7) is 2.27. The fraction of sp³-hybridized carbons (Fsp3) is 0.211. The van der Waals surface area contributed by atoms with Crippen LogP contribution < -0.4 is 15.4 Å². The molecule has 0 fully saturated rings. The fourth-order valence-corrected chi connectivity index (χ4v) is 4.72. The van der Waals surface area contributed by atoms with Crippen LogP contribution in [0.15, 0.2) is 57.3 Å². The van der Waals surface area contributed by atoms with Gasteiger partial charge in [0.25, 0.3) is 0 Å². The molecule has 3 aromatic rings.